The number of hydrogen-bond donors (Lipinski definition) is 0. The van der Waals surface area contributed by atoms with Crippen molar-refractivity contribution in [2.75, 3.05) is 4.90 Å². The Morgan fingerprint density at radius 2 is 1.60 bits per heavy atom. The van der Waals surface area contributed by atoms with Crippen LogP contribution >= 0.6 is 0 Å². The molecule has 8 heteroatoms. The number of nitrogens with zero attached hydrogens (tertiary/aromatic N) is 4. The Bertz CT molecular complexity index is 961. The van der Waals surface area contributed by atoms with Crippen LogP contribution in [0.3, 0.4) is 0 Å². The fourth-order valence-corrected chi connectivity index (χ4v) is 2.89. The zero-order valence-corrected chi connectivity index (χ0v) is 14.2. The van der Waals surface area contributed by atoms with Crippen LogP contribution in [0.25, 0.3) is 0 Å². The molecular weight excluding hydrogens is 324 g/mol. The van der Waals surface area contributed by atoms with E-state index in [2.05, 4.69) is 0 Å². The van der Waals surface area contributed by atoms with Crippen molar-refractivity contribution < 1.29 is 9.59 Å². The first-order valence-electron chi connectivity index (χ1n) is 7.78. The Balaban J connectivity index is 1.97. The molecule has 1 atom stereocenters. The summed E-state index contributed by atoms with van der Waals surface area (Å²) in [4.78, 5) is 51.6. The highest BCUT2D eigenvalue weighted by molar-refractivity contribution is 6.13. The van der Waals surface area contributed by atoms with Gasteiger partial charge in [0.15, 0.2) is 0 Å². The summed E-state index contributed by atoms with van der Waals surface area (Å²) in [5, 5.41) is 0. The Hall–Kier alpha value is -3.16. The second-order valence-corrected chi connectivity index (χ2v) is 5.96. The minimum atomic E-state index is -0.654. The van der Waals surface area contributed by atoms with E-state index in [4.69, 9.17) is 0 Å². The molecule has 1 aromatic carbocycles. The maximum absolute atomic E-state index is 12.7. The Morgan fingerprint density at radius 3 is 2.24 bits per heavy atom. The van der Waals surface area contributed by atoms with Crippen LogP contribution in [0.4, 0.5) is 10.5 Å². The smallest absolute Gasteiger partial charge is 0.299 e. The van der Waals surface area contributed by atoms with Gasteiger partial charge >= 0.3 is 11.7 Å². The second-order valence-electron chi connectivity index (χ2n) is 5.96. The molecule has 1 aliphatic rings. The molecule has 8 nitrogen and oxygen atoms in total. The molecule has 1 saturated heterocycles. The number of urea groups is 1. The molecule has 0 unspecified atom stereocenters. The molecule has 1 aliphatic heterocycles. The van der Waals surface area contributed by atoms with Crippen LogP contribution in [0.2, 0.25) is 0 Å². The number of carbonyl (C=O) groups excluding carboxylic acids is 2. The molecule has 0 saturated carbocycles. The van der Waals surface area contributed by atoms with Gasteiger partial charge in [-0.05, 0) is 19.1 Å². The molecule has 3 rings (SSSR count). The maximum Gasteiger partial charge on any atom is 0.332 e. The van der Waals surface area contributed by atoms with Gasteiger partial charge < -0.3 is 0 Å². The van der Waals surface area contributed by atoms with Crippen LogP contribution in [-0.4, -0.2) is 32.0 Å². The van der Waals surface area contributed by atoms with Gasteiger partial charge in [-0.25, -0.2) is 9.59 Å². The van der Waals surface area contributed by atoms with Crippen molar-refractivity contribution in [1.82, 2.24) is 14.0 Å². The SMILES string of the molecule is C[C@H]1C(=O)N(Cc2cc(=O)n(C)c(=O)n2C)C(=O)N1c1ccccc1. The molecule has 3 amide bonds. The summed E-state index contributed by atoms with van der Waals surface area (Å²) in [6.45, 7) is 1.52. The van der Waals surface area contributed by atoms with Crippen molar-refractivity contribution in [2.45, 2.75) is 19.5 Å². The number of benzene rings is 1. The summed E-state index contributed by atoms with van der Waals surface area (Å²) >= 11 is 0. The summed E-state index contributed by atoms with van der Waals surface area (Å²) in [5.41, 5.74) is -0.0645. The number of anilines is 1. The van der Waals surface area contributed by atoms with Crippen LogP contribution in [0.5, 0.6) is 0 Å². The first-order chi connectivity index (χ1) is 11.8. The van der Waals surface area contributed by atoms with Crippen molar-refractivity contribution in [3.63, 3.8) is 0 Å². The van der Waals surface area contributed by atoms with Gasteiger partial charge in [0, 0.05) is 31.5 Å². The highest BCUT2D eigenvalue weighted by Crippen LogP contribution is 2.26. The van der Waals surface area contributed by atoms with Gasteiger partial charge in [-0.15, -0.1) is 0 Å². The minimum absolute atomic E-state index is 0.132. The molecule has 0 bridgehead atoms. The van der Waals surface area contributed by atoms with Crippen LogP contribution in [0, 0.1) is 0 Å². The Morgan fingerprint density at radius 1 is 0.960 bits per heavy atom. The van der Waals surface area contributed by atoms with E-state index in [1.54, 1.807) is 31.2 Å². The largest absolute Gasteiger partial charge is 0.332 e. The van der Waals surface area contributed by atoms with E-state index < -0.39 is 23.3 Å². The summed E-state index contributed by atoms with van der Waals surface area (Å²) < 4.78 is 2.23. The number of rotatable bonds is 3. The third kappa shape index (κ3) is 2.65. The number of aromatic nitrogens is 2. The third-order valence-corrected chi connectivity index (χ3v) is 4.43. The minimum Gasteiger partial charge on any atom is -0.299 e. The van der Waals surface area contributed by atoms with Crippen molar-refractivity contribution in [3.05, 3.63) is 62.9 Å². The molecule has 25 heavy (non-hydrogen) atoms. The van der Waals surface area contributed by atoms with Gasteiger partial charge in [0.05, 0.1) is 6.54 Å². The number of imide groups is 1. The first kappa shape index (κ1) is 16.7. The molecule has 0 aliphatic carbocycles. The summed E-state index contributed by atoms with van der Waals surface area (Å²) in [7, 11) is 2.88. The van der Waals surface area contributed by atoms with E-state index in [0.29, 0.717) is 11.4 Å². The lowest BCUT2D eigenvalue weighted by atomic mass is 10.2. The van der Waals surface area contributed by atoms with E-state index in [1.807, 2.05) is 6.07 Å². The summed E-state index contributed by atoms with van der Waals surface area (Å²) in [6.07, 6.45) is 0. The van der Waals surface area contributed by atoms with Crippen molar-refractivity contribution >= 4 is 17.6 Å². The van der Waals surface area contributed by atoms with Crippen LogP contribution in [0.15, 0.2) is 46.0 Å². The Labute approximate surface area is 143 Å². The topological polar surface area (TPSA) is 84.6 Å². The number of hydrogen-bond acceptors (Lipinski definition) is 4. The first-order valence-corrected chi connectivity index (χ1v) is 7.78. The predicted molar refractivity (Wildman–Crippen MR) is 91.3 cm³/mol. The normalized spacial score (nSPS) is 17.5. The molecule has 0 radical (unpaired) electrons. The standard InChI is InChI=1S/C17H18N4O4/c1-11-15(23)20(17(25)21(11)12-7-5-4-6-8-12)10-13-9-14(22)19(3)16(24)18(13)2/h4-9,11H,10H2,1-3H3/t11-/m0/s1. The predicted octanol–water partition coefficient (Wildman–Crippen LogP) is 0.441. The third-order valence-electron chi connectivity index (χ3n) is 4.43. The zero-order valence-electron chi connectivity index (χ0n) is 14.2. The summed E-state index contributed by atoms with van der Waals surface area (Å²) in [5.74, 6) is -0.373. The van der Waals surface area contributed by atoms with Gasteiger partial charge in [0.2, 0.25) is 0 Å². The lowest BCUT2D eigenvalue weighted by Crippen LogP contribution is -2.40. The van der Waals surface area contributed by atoms with Crippen molar-refractivity contribution in [3.8, 4) is 0 Å². The molecule has 1 fully saturated rings. The number of para-hydroxylation sites is 1. The van der Waals surface area contributed by atoms with E-state index in [0.717, 1.165) is 9.47 Å². The highest BCUT2D eigenvalue weighted by atomic mass is 16.2. The molecule has 2 heterocycles. The number of amides is 3. The molecule has 2 aromatic rings. The van der Waals surface area contributed by atoms with Crippen LogP contribution in [0.1, 0.15) is 12.6 Å². The van der Waals surface area contributed by atoms with Gasteiger partial charge in [0.25, 0.3) is 11.5 Å². The molecule has 1 aromatic heterocycles. The van der Waals surface area contributed by atoms with E-state index in [-0.39, 0.29) is 12.5 Å². The molecule has 0 N–H and O–H groups in total. The van der Waals surface area contributed by atoms with Gasteiger partial charge in [-0.1, -0.05) is 18.2 Å². The Kier molecular flexibility index (Phi) is 4.03. The van der Waals surface area contributed by atoms with Gasteiger partial charge in [0.1, 0.15) is 6.04 Å². The molecular formula is C17H18N4O4. The van der Waals surface area contributed by atoms with E-state index in [9.17, 15) is 19.2 Å². The van der Waals surface area contributed by atoms with Gasteiger partial charge in [-0.2, -0.15) is 0 Å². The van der Waals surface area contributed by atoms with Crippen molar-refractivity contribution in [1.29, 1.82) is 0 Å². The van der Waals surface area contributed by atoms with Gasteiger partial charge in [-0.3, -0.25) is 28.5 Å². The van der Waals surface area contributed by atoms with E-state index >= 15 is 0 Å². The lowest BCUT2D eigenvalue weighted by molar-refractivity contribution is -0.127. The quantitative estimate of drug-likeness (QED) is 0.758. The van der Waals surface area contributed by atoms with E-state index in [1.165, 1.54) is 29.6 Å². The zero-order chi connectivity index (χ0) is 18.3. The average molecular weight is 342 g/mol. The molecule has 0 spiro atoms. The van der Waals surface area contributed by atoms with Crippen LogP contribution < -0.4 is 16.1 Å². The summed E-state index contributed by atoms with van der Waals surface area (Å²) in [6, 6.07) is 9.02. The number of carbonyl (C=O) groups is 2. The average Bonchev–Trinajstić information content (AvgIpc) is 2.82. The van der Waals surface area contributed by atoms with Crippen LogP contribution in [-0.2, 0) is 25.4 Å². The monoisotopic (exact) mass is 342 g/mol. The highest BCUT2D eigenvalue weighted by Gasteiger charge is 2.43. The lowest BCUT2D eigenvalue weighted by Gasteiger charge is -2.19. The van der Waals surface area contributed by atoms with Crippen molar-refractivity contribution in [2.24, 2.45) is 14.1 Å². The maximum atomic E-state index is 12.7. The molecule has 130 valence electrons. The fourth-order valence-electron chi connectivity index (χ4n) is 2.89. The second kappa shape index (κ2) is 6.04. The fraction of sp³-hybridized carbons (Fsp3) is 0.294.